The number of ether oxygens (including phenoxy) is 1. The zero-order valence-corrected chi connectivity index (χ0v) is 20.9. The number of carbonyl (C=O) groups is 1. The fourth-order valence-corrected chi connectivity index (χ4v) is 4.76. The number of phenols is 1. The average molecular weight is 516 g/mol. The van der Waals surface area contributed by atoms with E-state index in [1.165, 1.54) is 36.5 Å². The molecule has 0 saturated carbocycles. The van der Waals surface area contributed by atoms with Gasteiger partial charge in [-0.05, 0) is 67.4 Å². The summed E-state index contributed by atoms with van der Waals surface area (Å²) in [6.07, 6.45) is 1.37. The van der Waals surface area contributed by atoms with Gasteiger partial charge in [-0.1, -0.05) is 41.4 Å². The van der Waals surface area contributed by atoms with E-state index in [1.54, 1.807) is 25.1 Å². The molecule has 1 amide bonds. The second-order valence-corrected chi connectivity index (χ2v) is 10.0. The van der Waals surface area contributed by atoms with Gasteiger partial charge in [0.15, 0.2) is 11.5 Å². The third-order valence-corrected chi connectivity index (χ3v) is 6.96. The Morgan fingerprint density at radius 3 is 2.57 bits per heavy atom. The lowest BCUT2D eigenvalue weighted by molar-refractivity contribution is -0.121. The molecule has 0 heterocycles. The number of hydrogen-bond acceptors (Lipinski definition) is 6. The van der Waals surface area contributed by atoms with E-state index in [1.807, 2.05) is 25.1 Å². The molecule has 3 rings (SSSR count). The van der Waals surface area contributed by atoms with Crippen molar-refractivity contribution in [2.24, 2.45) is 5.10 Å². The zero-order chi connectivity index (χ0) is 25.4. The smallest absolute Gasteiger partial charge is 0.255 e. The largest absolute Gasteiger partial charge is 0.504 e. The average Bonchev–Trinajstić information content (AvgIpc) is 2.81. The van der Waals surface area contributed by atoms with Crippen LogP contribution < -0.4 is 10.2 Å². The van der Waals surface area contributed by atoms with E-state index in [2.05, 4.69) is 10.5 Å². The van der Waals surface area contributed by atoms with Crippen molar-refractivity contribution in [2.45, 2.75) is 25.3 Å². The summed E-state index contributed by atoms with van der Waals surface area (Å²) < 4.78 is 33.1. The molecule has 0 fully saturated rings. The van der Waals surface area contributed by atoms with Crippen molar-refractivity contribution in [1.82, 2.24) is 9.73 Å². The second kappa shape index (κ2) is 11.8. The molecule has 0 aliphatic carbocycles. The van der Waals surface area contributed by atoms with E-state index < -0.39 is 22.5 Å². The lowest BCUT2D eigenvalue weighted by Gasteiger charge is -2.21. The fourth-order valence-electron chi connectivity index (χ4n) is 3.25. The van der Waals surface area contributed by atoms with Crippen LogP contribution in [0.2, 0.25) is 5.02 Å². The number of aromatic hydroxyl groups is 1. The topological polar surface area (TPSA) is 108 Å². The molecular weight excluding hydrogens is 490 g/mol. The number of hydrazone groups is 1. The summed E-state index contributed by atoms with van der Waals surface area (Å²) in [5.74, 6) is -0.330. The molecule has 35 heavy (non-hydrogen) atoms. The highest BCUT2D eigenvalue weighted by atomic mass is 35.5. The van der Waals surface area contributed by atoms with Gasteiger partial charge in [-0.3, -0.25) is 4.79 Å². The highest BCUT2D eigenvalue weighted by Crippen LogP contribution is 2.26. The number of amides is 1. The Kier molecular flexibility index (Phi) is 8.86. The number of rotatable bonds is 10. The molecule has 8 nitrogen and oxygen atoms in total. The maximum absolute atomic E-state index is 13.3. The third-order valence-electron chi connectivity index (χ3n) is 4.90. The first-order valence-electron chi connectivity index (χ1n) is 10.8. The Labute approximate surface area is 209 Å². The molecule has 0 unspecified atom stereocenters. The maximum atomic E-state index is 13.3. The van der Waals surface area contributed by atoms with Crippen molar-refractivity contribution in [3.63, 3.8) is 0 Å². The first-order valence-corrected chi connectivity index (χ1v) is 12.6. The molecule has 2 N–H and O–H groups in total. The summed E-state index contributed by atoms with van der Waals surface area (Å²) in [7, 11) is -4.00. The molecule has 3 aromatic carbocycles. The zero-order valence-electron chi connectivity index (χ0n) is 19.3. The minimum absolute atomic E-state index is 0.000543. The Bertz CT molecular complexity index is 1310. The monoisotopic (exact) mass is 515 g/mol. The fraction of sp³-hybridized carbons (Fsp3) is 0.200. The number of halogens is 1. The molecule has 0 spiro atoms. The van der Waals surface area contributed by atoms with Crippen LogP contribution in [-0.4, -0.2) is 43.1 Å². The predicted octanol–water partition coefficient (Wildman–Crippen LogP) is 4.09. The third kappa shape index (κ3) is 7.29. The Morgan fingerprint density at radius 2 is 1.89 bits per heavy atom. The first-order chi connectivity index (χ1) is 16.7. The highest BCUT2D eigenvalue weighted by molar-refractivity contribution is 7.89. The Balaban J connectivity index is 1.77. The maximum Gasteiger partial charge on any atom is 0.255 e. The van der Waals surface area contributed by atoms with Crippen LogP contribution in [-0.2, 0) is 21.4 Å². The molecule has 184 valence electrons. The SMILES string of the molecule is CCOc1cc(/C=N\NC(=O)CN(Cc2cccc(C)c2)S(=O)(=O)c2ccc(Cl)cc2)ccc1O. The van der Waals surface area contributed by atoms with Gasteiger partial charge in [-0.2, -0.15) is 9.41 Å². The number of nitrogens with zero attached hydrogens (tertiary/aromatic N) is 2. The normalized spacial score (nSPS) is 11.7. The molecular formula is C25H26ClN3O5S. The van der Waals surface area contributed by atoms with Gasteiger partial charge in [-0.25, -0.2) is 13.8 Å². The standard InChI is InChI=1S/C25H26ClN3O5S/c1-3-34-24-14-19(7-12-23(24)30)15-27-28-25(31)17-29(16-20-6-4-5-18(2)13-20)35(32,33)22-10-8-21(26)9-11-22/h4-15,30H,3,16-17H2,1-2H3,(H,28,31)/b27-15-. The van der Waals surface area contributed by atoms with E-state index in [0.29, 0.717) is 22.9 Å². The lowest BCUT2D eigenvalue weighted by Crippen LogP contribution is -2.39. The first kappa shape index (κ1) is 26.2. The van der Waals surface area contributed by atoms with Crippen LogP contribution in [0.4, 0.5) is 0 Å². The molecule has 0 atom stereocenters. The van der Waals surface area contributed by atoms with Gasteiger partial charge in [0, 0.05) is 11.6 Å². The van der Waals surface area contributed by atoms with Gasteiger partial charge >= 0.3 is 0 Å². The number of nitrogens with one attached hydrogen (secondary N) is 1. The molecule has 10 heteroatoms. The van der Waals surface area contributed by atoms with Gasteiger partial charge in [0.25, 0.3) is 5.91 Å². The minimum Gasteiger partial charge on any atom is -0.504 e. The van der Waals surface area contributed by atoms with Crippen LogP contribution >= 0.6 is 11.6 Å². The molecule has 0 bridgehead atoms. The van der Waals surface area contributed by atoms with Crippen LogP contribution in [0.15, 0.2) is 76.7 Å². The van der Waals surface area contributed by atoms with Gasteiger partial charge < -0.3 is 9.84 Å². The van der Waals surface area contributed by atoms with Crippen molar-refractivity contribution in [3.8, 4) is 11.5 Å². The van der Waals surface area contributed by atoms with E-state index in [-0.39, 0.29) is 17.2 Å². The van der Waals surface area contributed by atoms with Crippen LogP contribution in [0.3, 0.4) is 0 Å². The van der Waals surface area contributed by atoms with Gasteiger partial charge in [0.05, 0.1) is 24.3 Å². The molecule has 0 aliphatic heterocycles. The van der Waals surface area contributed by atoms with Crippen LogP contribution in [0.5, 0.6) is 11.5 Å². The number of sulfonamides is 1. The van der Waals surface area contributed by atoms with Crippen molar-refractivity contribution < 1.29 is 23.1 Å². The summed E-state index contributed by atoms with van der Waals surface area (Å²) >= 11 is 5.91. The summed E-state index contributed by atoms with van der Waals surface area (Å²) in [6.45, 7) is 3.63. The van der Waals surface area contributed by atoms with Crippen LogP contribution in [0, 0.1) is 6.92 Å². The van der Waals surface area contributed by atoms with E-state index >= 15 is 0 Å². The Morgan fingerprint density at radius 1 is 1.14 bits per heavy atom. The van der Waals surface area contributed by atoms with Crippen LogP contribution in [0.25, 0.3) is 0 Å². The van der Waals surface area contributed by atoms with Gasteiger partial charge in [0.2, 0.25) is 10.0 Å². The number of carbonyl (C=O) groups excluding carboxylic acids is 1. The number of hydrogen-bond donors (Lipinski definition) is 2. The van der Waals surface area contributed by atoms with Crippen molar-refractivity contribution in [2.75, 3.05) is 13.2 Å². The second-order valence-electron chi connectivity index (χ2n) is 7.67. The van der Waals surface area contributed by atoms with Gasteiger partial charge in [0.1, 0.15) is 0 Å². The van der Waals surface area contributed by atoms with E-state index in [9.17, 15) is 18.3 Å². The molecule has 0 saturated heterocycles. The van der Waals surface area contributed by atoms with Crippen molar-refractivity contribution >= 4 is 33.7 Å². The predicted molar refractivity (Wildman–Crippen MR) is 135 cm³/mol. The number of phenolic OH excluding ortho intramolecular Hbond substituents is 1. The molecule has 0 radical (unpaired) electrons. The summed E-state index contributed by atoms with van der Waals surface area (Å²) in [4.78, 5) is 12.7. The van der Waals surface area contributed by atoms with Crippen LogP contribution in [0.1, 0.15) is 23.6 Å². The van der Waals surface area contributed by atoms with E-state index in [4.69, 9.17) is 16.3 Å². The Hall–Kier alpha value is -3.40. The minimum atomic E-state index is -4.00. The molecule has 0 aliphatic rings. The highest BCUT2D eigenvalue weighted by Gasteiger charge is 2.27. The number of benzene rings is 3. The molecule has 3 aromatic rings. The summed E-state index contributed by atoms with van der Waals surface area (Å²) in [6, 6.07) is 17.8. The van der Waals surface area contributed by atoms with Crippen molar-refractivity contribution in [3.05, 3.63) is 88.4 Å². The summed E-state index contributed by atoms with van der Waals surface area (Å²) in [5, 5.41) is 14.1. The molecule has 0 aromatic heterocycles. The summed E-state index contributed by atoms with van der Waals surface area (Å²) in [5.41, 5.74) is 4.65. The lowest BCUT2D eigenvalue weighted by atomic mass is 10.1. The van der Waals surface area contributed by atoms with Gasteiger partial charge in [-0.15, -0.1) is 0 Å². The quantitative estimate of drug-likeness (QED) is 0.312. The van der Waals surface area contributed by atoms with Crippen molar-refractivity contribution in [1.29, 1.82) is 0 Å². The number of aryl methyl sites for hydroxylation is 1. The van der Waals surface area contributed by atoms with E-state index in [0.717, 1.165) is 15.4 Å².